The number of para-hydroxylation sites is 5. The molecule has 1 unspecified atom stereocenters. The van der Waals surface area contributed by atoms with E-state index < -0.39 is 0 Å². The van der Waals surface area contributed by atoms with Crippen LogP contribution in [0.4, 0.5) is 0 Å². The Bertz CT molecular complexity index is 6290. The van der Waals surface area contributed by atoms with E-state index in [1.54, 1.807) is 0 Å². The summed E-state index contributed by atoms with van der Waals surface area (Å²) in [5, 5.41) is 12.2. The van der Waals surface area contributed by atoms with Gasteiger partial charge in [0.05, 0.1) is 55.2 Å². The highest BCUT2D eigenvalue weighted by Crippen LogP contribution is 2.55. The maximum absolute atomic E-state index is 6.60. The zero-order valence-corrected chi connectivity index (χ0v) is 50.3. The van der Waals surface area contributed by atoms with Gasteiger partial charge in [-0.1, -0.05) is 207 Å². The lowest BCUT2D eigenvalue weighted by Crippen LogP contribution is -2.24. The minimum atomic E-state index is -0.360. The number of benzene rings is 14. The number of fused-ring (bicyclic) bond motifs is 20. The van der Waals surface area contributed by atoms with E-state index in [1.165, 1.54) is 126 Å². The van der Waals surface area contributed by atoms with Crippen LogP contribution in [-0.2, 0) is 11.8 Å². The SMILES string of the molecule is CC1(Cc2ccc3c(c2)c2c4c5ccccc5n(-c5ccc(-c6ccccc6)cc5)c4ccc2n3-c2cccc3oc4ccccc4c23)c2ccccc2-c2c(-c3cccc(-n4c5ccccc5c5c6c7ccccc7n(-c7ccccc7)c6ccc54)c3)cccc21. The Morgan fingerprint density at radius 3 is 1.42 bits per heavy atom. The first-order chi connectivity index (χ1) is 45.5. The van der Waals surface area contributed by atoms with Crippen LogP contribution >= 0.6 is 0 Å². The first kappa shape index (κ1) is 51.0. The minimum absolute atomic E-state index is 0.360. The fourth-order valence-electron chi connectivity index (χ4n) is 16.6. The quantitative estimate of drug-likeness (QED) is 0.149. The van der Waals surface area contributed by atoms with Crippen LogP contribution in [0, 0.1) is 0 Å². The molecule has 5 heteroatoms. The molecule has 92 heavy (non-hydrogen) atoms. The van der Waals surface area contributed by atoms with Crippen LogP contribution in [0.1, 0.15) is 23.6 Å². The van der Waals surface area contributed by atoms with Gasteiger partial charge in [-0.25, -0.2) is 0 Å². The molecule has 0 saturated carbocycles. The van der Waals surface area contributed by atoms with Gasteiger partial charge >= 0.3 is 0 Å². The average Bonchev–Trinajstić information content (AvgIpc) is 1.56. The van der Waals surface area contributed by atoms with Gasteiger partial charge in [-0.15, -0.1) is 0 Å². The Labute approximate surface area is 529 Å². The first-order valence-corrected chi connectivity index (χ1v) is 31.9. The van der Waals surface area contributed by atoms with Crippen molar-refractivity contribution in [3.8, 4) is 56.1 Å². The molecule has 1 atom stereocenters. The molecule has 0 N–H and O–H groups in total. The third kappa shape index (κ3) is 7.13. The van der Waals surface area contributed by atoms with Crippen molar-refractivity contribution >= 4 is 109 Å². The normalized spacial score (nSPS) is 14.0. The van der Waals surface area contributed by atoms with Crippen molar-refractivity contribution in [2.45, 2.75) is 18.8 Å². The number of rotatable bonds is 8. The Kier molecular flexibility index (Phi) is 10.7. The van der Waals surface area contributed by atoms with E-state index >= 15 is 0 Å². The summed E-state index contributed by atoms with van der Waals surface area (Å²) in [5.74, 6) is 0. The van der Waals surface area contributed by atoms with E-state index in [1.807, 2.05) is 0 Å². The molecule has 0 saturated heterocycles. The monoisotopic (exact) mass is 1170 g/mol. The van der Waals surface area contributed by atoms with Gasteiger partial charge in [-0.05, 0) is 166 Å². The molecule has 0 aliphatic heterocycles. The molecule has 0 spiro atoms. The third-order valence-electron chi connectivity index (χ3n) is 20.4. The van der Waals surface area contributed by atoms with Crippen molar-refractivity contribution < 1.29 is 4.42 Å². The summed E-state index contributed by atoms with van der Waals surface area (Å²) in [6.45, 7) is 2.48. The molecular weight excluding hydrogens is 1120 g/mol. The molecule has 430 valence electrons. The molecule has 5 nitrogen and oxygen atoms in total. The molecule has 14 aromatic carbocycles. The zero-order valence-electron chi connectivity index (χ0n) is 50.3. The highest BCUT2D eigenvalue weighted by Gasteiger charge is 2.41. The van der Waals surface area contributed by atoms with Crippen molar-refractivity contribution in [2.24, 2.45) is 0 Å². The summed E-state index contributed by atoms with van der Waals surface area (Å²) in [4.78, 5) is 0. The predicted molar refractivity (Wildman–Crippen MR) is 384 cm³/mol. The molecule has 0 bridgehead atoms. The molecule has 19 aromatic rings. The smallest absolute Gasteiger partial charge is 0.137 e. The topological polar surface area (TPSA) is 32.9 Å². The van der Waals surface area contributed by atoms with Crippen molar-refractivity contribution in [1.29, 1.82) is 0 Å². The van der Waals surface area contributed by atoms with E-state index in [0.29, 0.717) is 0 Å². The molecular formula is C87H56N4O. The molecule has 1 aliphatic rings. The second-order valence-electron chi connectivity index (χ2n) is 25.3. The molecule has 0 amide bonds. The van der Waals surface area contributed by atoms with Gasteiger partial charge in [0.15, 0.2) is 0 Å². The second-order valence-corrected chi connectivity index (χ2v) is 25.3. The van der Waals surface area contributed by atoms with Gasteiger partial charge in [-0.2, -0.15) is 0 Å². The third-order valence-corrected chi connectivity index (χ3v) is 20.4. The molecule has 1 aliphatic carbocycles. The van der Waals surface area contributed by atoms with Crippen molar-refractivity contribution in [3.63, 3.8) is 0 Å². The Hall–Kier alpha value is -11.9. The van der Waals surface area contributed by atoms with E-state index in [9.17, 15) is 0 Å². The van der Waals surface area contributed by atoms with Gasteiger partial charge in [0.25, 0.3) is 0 Å². The fourth-order valence-corrected chi connectivity index (χ4v) is 16.6. The summed E-state index contributed by atoms with van der Waals surface area (Å²) in [6.07, 6.45) is 0.799. The summed E-state index contributed by atoms with van der Waals surface area (Å²) < 4.78 is 16.5. The molecule has 0 radical (unpaired) electrons. The van der Waals surface area contributed by atoms with Crippen LogP contribution < -0.4 is 0 Å². The van der Waals surface area contributed by atoms with Gasteiger partial charge in [0.1, 0.15) is 11.2 Å². The van der Waals surface area contributed by atoms with Crippen LogP contribution in [-0.4, -0.2) is 18.3 Å². The average molecular weight is 1170 g/mol. The first-order valence-electron chi connectivity index (χ1n) is 31.9. The second kappa shape index (κ2) is 19.3. The van der Waals surface area contributed by atoms with Crippen LogP contribution in [0.15, 0.2) is 314 Å². The van der Waals surface area contributed by atoms with E-state index in [0.717, 1.165) is 62.1 Å². The maximum Gasteiger partial charge on any atom is 0.137 e. The highest BCUT2D eigenvalue weighted by atomic mass is 16.3. The predicted octanol–water partition coefficient (Wildman–Crippen LogP) is 22.8. The Morgan fingerprint density at radius 1 is 0.283 bits per heavy atom. The Balaban J connectivity index is 0.760. The molecule has 5 aromatic heterocycles. The van der Waals surface area contributed by atoms with Gasteiger partial charge in [-0.3, -0.25) is 0 Å². The lowest BCUT2D eigenvalue weighted by molar-refractivity contribution is 0.583. The number of furan rings is 1. The van der Waals surface area contributed by atoms with Crippen LogP contribution in [0.3, 0.4) is 0 Å². The van der Waals surface area contributed by atoms with Crippen molar-refractivity contribution in [3.05, 3.63) is 326 Å². The minimum Gasteiger partial charge on any atom is -0.456 e. The van der Waals surface area contributed by atoms with Crippen LogP contribution in [0.2, 0.25) is 0 Å². The fraction of sp³-hybridized carbons (Fsp3) is 0.0345. The lowest BCUT2D eigenvalue weighted by atomic mass is 9.75. The van der Waals surface area contributed by atoms with Gasteiger partial charge < -0.3 is 22.7 Å². The van der Waals surface area contributed by atoms with Gasteiger partial charge in [0.2, 0.25) is 0 Å². The van der Waals surface area contributed by atoms with Gasteiger partial charge in [0, 0.05) is 71.0 Å². The summed E-state index contributed by atoms with van der Waals surface area (Å²) in [6, 6.07) is 114. The molecule has 5 heterocycles. The maximum atomic E-state index is 6.60. The lowest BCUT2D eigenvalue weighted by Gasteiger charge is -2.28. The van der Waals surface area contributed by atoms with Crippen molar-refractivity contribution in [1.82, 2.24) is 18.3 Å². The summed E-state index contributed by atoms with van der Waals surface area (Å²) in [5.41, 5.74) is 26.8. The van der Waals surface area contributed by atoms with Crippen molar-refractivity contribution in [2.75, 3.05) is 0 Å². The standard InChI is InChI=1S/C87H56N4O/c1-87(68-33-13-8-27-62(68)81-61(32-19-34-69(81)87)57-23-18-26-60(52-57)90-72-37-16-11-30-65(72)84-77(90)48-47-75-83(84)63-28-9-14-35-70(63)88(75)58-24-6-3-7-25-58)53-54-41-46-73-67(51-54)86-78(91(73)74-38-20-40-80-82(74)66-31-12-17-39-79(66)92-80)50-49-76-85(86)64-29-10-15-36-71(64)89(76)59-44-42-56(43-45-59)55-21-4-2-5-22-55/h2-52H,53H2,1H3. The van der Waals surface area contributed by atoms with Crippen LogP contribution in [0.25, 0.3) is 165 Å². The number of nitrogens with zero attached hydrogens (tertiary/aromatic N) is 4. The van der Waals surface area contributed by atoms with E-state index in [2.05, 4.69) is 335 Å². The van der Waals surface area contributed by atoms with Crippen LogP contribution in [0.5, 0.6) is 0 Å². The van der Waals surface area contributed by atoms with E-state index in [-0.39, 0.29) is 5.41 Å². The molecule has 20 rings (SSSR count). The summed E-state index contributed by atoms with van der Waals surface area (Å²) >= 11 is 0. The number of hydrogen-bond acceptors (Lipinski definition) is 1. The Morgan fingerprint density at radius 2 is 0.739 bits per heavy atom. The highest BCUT2D eigenvalue weighted by molar-refractivity contribution is 6.31. The van der Waals surface area contributed by atoms with E-state index in [4.69, 9.17) is 4.42 Å². The summed E-state index contributed by atoms with van der Waals surface area (Å²) in [7, 11) is 0. The number of hydrogen-bond donors (Lipinski definition) is 0. The zero-order chi connectivity index (χ0) is 60.3. The number of aromatic nitrogens is 4. The largest absolute Gasteiger partial charge is 0.456 e. The molecule has 0 fully saturated rings.